The molecule has 0 atom stereocenters. The molecule has 1 aliphatic heterocycles. The first-order chi connectivity index (χ1) is 17.3. The van der Waals surface area contributed by atoms with E-state index < -0.39 is 28.7 Å². The molecule has 4 rings (SSSR count). The molecule has 0 unspecified atom stereocenters. The summed E-state index contributed by atoms with van der Waals surface area (Å²) in [6, 6.07) is 8.81. The number of carbonyl (C=O) groups excluding carboxylic acids is 3. The number of carbonyl (C=O) groups is 3. The minimum Gasteiger partial charge on any atom is -0.383 e. The van der Waals surface area contributed by atoms with E-state index in [-0.39, 0.29) is 50.1 Å². The molecule has 36 heavy (non-hydrogen) atoms. The number of H-pyrrole nitrogens is 1. The molecule has 1 aromatic heterocycles. The van der Waals surface area contributed by atoms with Crippen LogP contribution in [0, 0.1) is 0 Å². The molecule has 2 fully saturated rings. The van der Waals surface area contributed by atoms with Gasteiger partial charge in [0.1, 0.15) is 17.0 Å². The van der Waals surface area contributed by atoms with Crippen molar-refractivity contribution in [3.05, 3.63) is 56.7 Å². The van der Waals surface area contributed by atoms with Crippen LogP contribution in [0.25, 0.3) is 0 Å². The lowest BCUT2D eigenvalue weighted by molar-refractivity contribution is -0.131. The Bertz CT molecular complexity index is 1250. The van der Waals surface area contributed by atoms with Gasteiger partial charge in [-0.25, -0.2) is 9.59 Å². The van der Waals surface area contributed by atoms with Crippen LogP contribution in [0.4, 0.5) is 16.3 Å². The second-order valence-corrected chi connectivity index (χ2v) is 8.94. The predicted octanol–water partition coefficient (Wildman–Crippen LogP) is 0.988. The fourth-order valence-corrected chi connectivity index (χ4v) is 4.65. The summed E-state index contributed by atoms with van der Waals surface area (Å²) in [5.41, 5.74) is -1.33. The number of imide groups is 1. The Morgan fingerprint density at radius 3 is 2.50 bits per heavy atom. The van der Waals surface area contributed by atoms with Crippen molar-refractivity contribution in [2.45, 2.75) is 50.7 Å². The molecule has 2 aliphatic rings. The first kappa shape index (κ1) is 25.2. The Labute approximate surface area is 207 Å². The molecule has 12 nitrogen and oxygen atoms in total. The number of nitrogens with zero attached hydrogens (tertiary/aromatic N) is 2. The fraction of sp³-hybridized carbons (Fsp3) is 0.458. The number of ether oxygens (including phenoxy) is 1. The highest BCUT2D eigenvalue weighted by molar-refractivity contribution is 6.07. The molecule has 2 aromatic rings. The predicted molar refractivity (Wildman–Crippen MR) is 132 cm³/mol. The smallest absolute Gasteiger partial charge is 0.330 e. The van der Waals surface area contributed by atoms with Crippen LogP contribution in [0.15, 0.2) is 39.9 Å². The molecule has 12 heteroatoms. The lowest BCUT2D eigenvalue weighted by atomic mass is 9.98. The van der Waals surface area contributed by atoms with Crippen LogP contribution >= 0.6 is 0 Å². The quantitative estimate of drug-likeness (QED) is 0.356. The van der Waals surface area contributed by atoms with Crippen LogP contribution in [0.3, 0.4) is 0 Å². The van der Waals surface area contributed by atoms with Crippen molar-refractivity contribution in [2.24, 2.45) is 0 Å². The summed E-state index contributed by atoms with van der Waals surface area (Å²) in [5, 5.41) is 8.42. The molecule has 1 aliphatic carbocycles. The fourth-order valence-electron chi connectivity index (χ4n) is 4.65. The van der Waals surface area contributed by atoms with E-state index >= 15 is 0 Å². The third kappa shape index (κ3) is 5.18. The number of nitrogens with one attached hydrogen (secondary N) is 4. The van der Waals surface area contributed by atoms with Crippen molar-refractivity contribution in [1.82, 2.24) is 19.8 Å². The molecular weight excluding hydrogens is 468 g/mol. The maximum atomic E-state index is 12.9. The zero-order valence-electron chi connectivity index (χ0n) is 20.1. The first-order valence-electron chi connectivity index (χ1n) is 11.9. The van der Waals surface area contributed by atoms with E-state index in [4.69, 9.17) is 4.74 Å². The van der Waals surface area contributed by atoms with Crippen LogP contribution in [-0.4, -0.2) is 58.1 Å². The minimum atomic E-state index is -0.852. The van der Waals surface area contributed by atoms with E-state index in [2.05, 4.69) is 20.9 Å². The Hall–Kier alpha value is -3.93. The van der Waals surface area contributed by atoms with Crippen LogP contribution < -0.4 is 27.2 Å². The monoisotopic (exact) mass is 498 g/mol. The maximum Gasteiger partial charge on any atom is 0.330 e. The van der Waals surface area contributed by atoms with Gasteiger partial charge < -0.3 is 20.7 Å². The molecule has 1 spiro atoms. The van der Waals surface area contributed by atoms with Crippen LogP contribution in [0.1, 0.15) is 37.7 Å². The van der Waals surface area contributed by atoms with E-state index in [0.717, 1.165) is 23.3 Å². The van der Waals surface area contributed by atoms with Crippen molar-refractivity contribution in [3.8, 4) is 0 Å². The number of amides is 4. The largest absolute Gasteiger partial charge is 0.383 e. The molecule has 0 radical (unpaired) electrons. The summed E-state index contributed by atoms with van der Waals surface area (Å²) in [6.45, 7) is 0.408. The van der Waals surface area contributed by atoms with Gasteiger partial charge in [-0.3, -0.25) is 28.8 Å². The van der Waals surface area contributed by atoms with Crippen molar-refractivity contribution < 1.29 is 19.1 Å². The van der Waals surface area contributed by atoms with Gasteiger partial charge in [0, 0.05) is 26.6 Å². The van der Waals surface area contributed by atoms with Crippen molar-refractivity contribution in [1.29, 1.82) is 0 Å². The van der Waals surface area contributed by atoms with Crippen LogP contribution in [0.2, 0.25) is 0 Å². The zero-order valence-corrected chi connectivity index (χ0v) is 20.1. The van der Waals surface area contributed by atoms with E-state index in [1.807, 2.05) is 30.3 Å². The summed E-state index contributed by atoms with van der Waals surface area (Å²) in [6.07, 6.45) is 2.71. The SMILES string of the molecule is COCCn1c(NC(=O)CCN2C(=O)NC3(CCCC3)C2=O)c(NCc2ccccc2)c(=O)[nH]c1=O. The highest BCUT2D eigenvalue weighted by atomic mass is 16.5. The van der Waals surface area contributed by atoms with E-state index in [0.29, 0.717) is 12.8 Å². The minimum absolute atomic E-state index is 0.00815. The molecule has 4 N–H and O–H groups in total. The Kier molecular flexibility index (Phi) is 7.53. The van der Waals surface area contributed by atoms with Gasteiger partial charge >= 0.3 is 11.7 Å². The number of anilines is 2. The number of urea groups is 1. The maximum absolute atomic E-state index is 12.9. The van der Waals surface area contributed by atoms with E-state index in [1.165, 1.54) is 11.7 Å². The standard InChI is InChI=1S/C24H30N6O6/c1-36-14-13-29-19(18(20(32)27-22(29)34)25-15-16-7-3-2-4-8-16)26-17(31)9-12-30-21(33)24(28-23(30)35)10-5-6-11-24/h2-4,7-8,25H,5-6,9-15H2,1H3,(H,26,31)(H,28,35)(H,27,32,34). The molecule has 1 saturated heterocycles. The summed E-state index contributed by atoms with van der Waals surface area (Å²) in [7, 11) is 1.47. The average molecular weight is 499 g/mol. The van der Waals surface area contributed by atoms with Gasteiger partial charge in [0.25, 0.3) is 11.5 Å². The van der Waals surface area contributed by atoms with Gasteiger partial charge in [0.2, 0.25) is 5.91 Å². The van der Waals surface area contributed by atoms with E-state index in [1.54, 1.807) is 0 Å². The second kappa shape index (κ2) is 10.8. The zero-order chi connectivity index (χ0) is 25.7. The highest BCUT2D eigenvalue weighted by Gasteiger charge is 2.52. The van der Waals surface area contributed by atoms with Gasteiger partial charge in [-0.2, -0.15) is 0 Å². The second-order valence-electron chi connectivity index (χ2n) is 8.94. The Morgan fingerprint density at radius 2 is 1.81 bits per heavy atom. The molecule has 2 heterocycles. The summed E-state index contributed by atoms with van der Waals surface area (Å²) >= 11 is 0. The Morgan fingerprint density at radius 1 is 1.08 bits per heavy atom. The molecule has 4 amide bonds. The molecular formula is C24H30N6O6. The van der Waals surface area contributed by atoms with Crippen molar-refractivity contribution in [3.63, 3.8) is 0 Å². The molecule has 1 saturated carbocycles. The number of aromatic amines is 1. The lowest BCUT2D eigenvalue weighted by Gasteiger charge is -2.20. The van der Waals surface area contributed by atoms with Gasteiger partial charge in [-0.1, -0.05) is 43.2 Å². The Balaban J connectivity index is 1.52. The number of aromatic nitrogens is 2. The summed E-state index contributed by atoms with van der Waals surface area (Å²) < 4.78 is 6.28. The van der Waals surface area contributed by atoms with Crippen LogP contribution in [0.5, 0.6) is 0 Å². The van der Waals surface area contributed by atoms with Gasteiger partial charge in [0.15, 0.2) is 0 Å². The first-order valence-corrected chi connectivity index (χ1v) is 11.9. The van der Waals surface area contributed by atoms with E-state index in [9.17, 15) is 24.0 Å². The van der Waals surface area contributed by atoms with Gasteiger partial charge in [-0.05, 0) is 18.4 Å². The number of methoxy groups -OCH3 is 1. The highest BCUT2D eigenvalue weighted by Crippen LogP contribution is 2.35. The number of rotatable bonds is 10. The summed E-state index contributed by atoms with van der Waals surface area (Å²) in [5.74, 6) is -0.871. The molecule has 1 aromatic carbocycles. The molecule has 0 bridgehead atoms. The average Bonchev–Trinajstić information content (AvgIpc) is 3.42. The number of benzene rings is 1. The van der Waals surface area contributed by atoms with Gasteiger partial charge in [-0.15, -0.1) is 0 Å². The lowest BCUT2D eigenvalue weighted by Crippen LogP contribution is -2.44. The van der Waals surface area contributed by atoms with Crippen molar-refractivity contribution >= 4 is 29.4 Å². The van der Waals surface area contributed by atoms with Crippen LogP contribution in [-0.2, 0) is 27.4 Å². The summed E-state index contributed by atoms with van der Waals surface area (Å²) in [4.78, 5) is 66.7. The number of hydrogen-bond acceptors (Lipinski definition) is 7. The van der Waals surface area contributed by atoms with Crippen molar-refractivity contribution in [2.75, 3.05) is 30.9 Å². The topological polar surface area (TPSA) is 155 Å². The molecule has 192 valence electrons. The third-order valence-electron chi connectivity index (χ3n) is 6.55. The third-order valence-corrected chi connectivity index (χ3v) is 6.55. The van der Waals surface area contributed by atoms with Gasteiger partial charge in [0.05, 0.1) is 13.2 Å². The number of hydrogen-bond donors (Lipinski definition) is 4. The normalized spacial score (nSPS) is 16.4.